The summed E-state index contributed by atoms with van der Waals surface area (Å²) < 4.78 is 1.69. The molecular formula is C30H29N5O. The monoisotopic (exact) mass is 475 g/mol. The van der Waals surface area contributed by atoms with Crippen LogP contribution in [0.2, 0.25) is 0 Å². The molecule has 3 aromatic carbocycles. The molecule has 0 saturated heterocycles. The molecule has 36 heavy (non-hydrogen) atoms. The van der Waals surface area contributed by atoms with Crippen molar-refractivity contribution in [3.8, 4) is 11.8 Å². The van der Waals surface area contributed by atoms with Gasteiger partial charge in [-0.1, -0.05) is 18.2 Å². The standard InChI is InChI=1S/C30H29N5O/c31-20-22-8-13-29-28(19-22)24(21-34-29)6-3-4-15-32-16-17-33-25-9-11-26(12-10-25)35-18-14-23-5-1-2-7-27(23)30(35)36/h1-2,5,7-14,18-19,21,32-34H,3-4,6,15-17H2. The SMILES string of the molecule is N#Cc1ccc2[nH]cc(CCCCNCCNc3ccc(-n4ccc5ccccc5c4=O)cc3)c2c1. The molecule has 0 fully saturated rings. The number of nitrogens with zero attached hydrogens (tertiary/aromatic N) is 2. The van der Waals surface area contributed by atoms with Crippen molar-refractivity contribution in [2.24, 2.45) is 0 Å². The van der Waals surface area contributed by atoms with Crippen molar-refractivity contribution in [3.05, 3.63) is 107 Å². The van der Waals surface area contributed by atoms with Crippen LogP contribution in [-0.4, -0.2) is 29.2 Å². The number of anilines is 1. The number of rotatable bonds is 10. The largest absolute Gasteiger partial charge is 0.384 e. The number of aromatic amines is 1. The Hall–Kier alpha value is -4.34. The zero-order valence-corrected chi connectivity index (χ0v) is 20.1. The van der Waals surface area contributed by atoms with E-state index >= 15 is 0 Å². The number of hydrogen-bond donors (Lipinski definition) is 3. The molecular weight excluding hydrogens is 446 g/mol. The minimum absolute atomic E-state index is 0.00498. The molecule has 6 heteroatoms. The first-order chi connectivity index (χ1) is 17.7. The van der Waals surface area contributed by atoms with Gasteiger partial charge < -0.3 is 15.6 Å². The third-order valence-corrected chi connectivity index (χ3v) is 6.54. The number of aromatic nitrogens is 2. The summed E-state index contributed by atoms with van der Waals surface area (Å²) in [6.45, 7) is 2.68. The highest BCUT2D eigenvalue weighted by molar-refractivity contribution is 5.84. The molecule has 0 spiro atoms. The van der Waals surface area contributed by atoms with Gasteiger partial charge in [0.25, 0.3) is 5.56 Å². The molecule has 2 aromatic heterocycles. The van der Waals surface area contributed by atoms with Crippen molar-refractivity contribution >= 4 is 27.4 Å². The zero-order valence-electron chi connectivity index (χ0n) is 20.1. The number of aryl methyl sites for hydroxylation is 1. The van der Waals surface area contributed by atoms with E-state index in [4.69, 9.17) is 5.26 Å². The first-order valence-electron chi connectivity index (χ1n) is 12.4. The summed E-state index contributed by atoms with van der Waals surface area (Å²) in [5.41, 5.74) is 4.95. The van der Waals surface area contributed by atoms with E-state index < -0.39 is 0 Å². The first-order valence-corrected chi connectivity index (χ1v) is 12.4. The molecule has 5 aromatic rings. The zero-order chi connectivity index (χ0) is 24.7. The summed E-state index contributed by atoms with van der Waals surface area (Å²) >= 11 is 0. The van der Waals surface area contributed by atoms with Crippen LogP contribution in [0.3, 0.4) is 0 Å². The maximum absolute atomic E-state index is 12.8. The van der Waals surface area contributed by atoms with Gasteiger partial charge in [0.2, 0.25) is 0 Å². The Morgan fingerprint density at radius 3 is 2.61 bits per heavy atom. The summed E-state index contributed by atoms with van der Waals surface area (Å²) in [5, 5.41) is 18.9. The maximum atomic E-state index is 12.8. The predicted molar refractivity (Wildman–Crippen MR) is 147 cm³/mol. The van der Waals surface area contributed by atoms with Crippen LogP contribution >= 0.6 is 0 Å². The fourth-order valence-corrected chi connectivity index (χ4v) is 4.57. The highest BCUT2D eigenvalue weighted by atomic mass is 16.1. The van der Waals surface area contributed by atoms with Gasteiger partial charge in [-0.2, -0.15) is 5.26 Å². The molecule has 2 heterocycles. The molecule has 0 atom stereocenters. The molecule has 0 aliphatic heterocycles. The Morgan fingerprint density at radius 1 is 0.889 bits per heavy atom. The van der Waals surface area contributed by atoms with Crippen molar-refractivity contribution < 1.29 is 0 Å². The third kappa shape index (κ3) is 5.17. The average Bonchev–Trinajstić information content (AvgIpc) is 3.33. The molecule has 0 saturated carbocycles. The van der Waals surface area contributed by atoms with E-state index in [1.165, 1.54) is 5.56 Å². The quantitative estimate of drug-likeness (QED) is 0.237. The maximum Gasteiger partial charge on any atom is 0.262 e. The van der Waals surface area contributed by atoms with Crippen molar-refractivity contribution in [3.63, 3.8) is 0 Å². The van der Waals surface area contributed by atoms with E-state index in [0.29, 0.717) is 5.56 Å². The van der Waals surface area contributed by atoms with Gasteiger partial charge in [0.05, 0.1) is 11.6 Å². The van der Waals surface area contributed by atoms with Crippen LogP contribution in [0, 0.1) is 11.3 Å². The van der Waals surface area contributed by atoms with E-state index in [-0.39, 0.29) is 5.56 Å². The van der Waals surface area contributed by atoms with Gasteiger partial charge in [-0.3, -0.25) is 9.36 Å². The second-order valence-corrected chi connectivity index (χ2v) is 8.94. The van der Waals surface area contributed by atoms with Gasteiger partial charge in [-0.25, -0.2) is 0 Å². The number of fused-ring (bicyclic) bond motifs is 2. The fourth-order valence-electron chi connectivity index (χ4n) is 4.57. The summed E-state index contributed by atoms with van der Waals surface area (Å²) in [5.74, 6) is 0. The first kappa shape index (κ1) is 23.4. The summed E-state index contributed by atoms with van der Waals surface area (Å²) in [4.78, 5) is 16.1. The van der Waals surface area contributed by atoms with E-state index in [1.54, 1.807) is 4.57 Å². The predicted octanol–water partition coefficient (Wildman–Crippen LogP) is 5.37. The van der Waals surface area contributed by atoms with E-state index in [9.17, 15) is 4.79 Å². The van der Waals surface area contributed by atoms with Crippen molar-refractivity contribution in [2.75, 3.05) is 25.0 Å². The summed E-state index contributed by atoms with van der Waals surface area (Å²) in [6.07, 6.45) is 7.09. The van der Waals surface area contributed by atoms with Gasteiger partial charge in [0.15, 0.2) is 0 Å². The molecule has 0 aliphatic carbocycles. The van der Waals surface area contributed by atoms with E-state index in [2.05, 4.69) is 27.9 Å². The smallest absolute Gasteiger partial charge is 0.262 e. The Kier molecular flexibility index (Phi) is 7.11. The van der Waals surface area contributed by atoms with Crippen molar-refractivity contribution in [2.45, 2.75) is 19.3 Å². The Labute approximate surface area is 210 Å². The summed E-state index contributed by atoms with van der Waals surface area (Å²) in [6, 6.07) is 25.6. The minimum Gasteiger partial charge on any atom is -0.384 e. The second-order valence-electron chi connectivity index (χ2n) is 8.94. The molecule has 0 unspecified atom stereocenters. The molecule has 5 rings (SSSR count). The Balaban J connectivity index is 1.04. The topological polar surface area (TPSA) is 85.6 Å². The number of pyridine rings is 1. The van der Waals surface area contributed by atoms with Crippen LogP contribution in [0.4, 0.5) is 5.69 Å². The van der Waals surface area contributed by atoms with Crippen LogP contribution < -0.4 is 16.2 Å². The minimum atomic E-state index is -0.00498. The van der Waals surface area contributed by atoms with Crippen molar-refractivity contribution in [1.82, 2.24) is 14.9 Å². The number of hydrogen-bond acceptors (Lipinski definition) is 4. The lowest BCUT2D eigenvalue weighted by molar-refractivity contribution is 0.633. The van der Waals surface area contributed by atoms with E-state index in [1.807, 2.05) is 79.0 Å². The highest BCUT2D eigenvalue weighted by Crippen LogP contribution is 2.21. The van der Waals surface area contributed by atoms with Crippen LogP contribution in [0.1, 0.15) is 24.0 Å². The number of nitrogens with one attached hydrogen (secondary N) is 3. The molecule has 180 valence electrons. The molecule has 3 N–H and O–H groups in total. The van der Waals surface area contributed by atoms with Crippen LogP contribution in [0.5, 0.6) is 0 Å². The number of H-pyrrole nitrogens is 1. The van der Waals surface area contributed by atoms with Crippen LogP contribution in [0.15, 0.2) is 90.0 Å². The van der Waals surface area contributed by atoms with Gasteiger partial charge >= 0.3 is 0 Å². The molecule has 0 aliphatic rings. The number of unbranched alkanes of at least 4 members (excludes halogenated alkanes) is 1. The molecule has 0 radical (unpaired) electrons. The van der Waals surface area contributed by atoms with Crippen molar-refractivity contribution in [1.29, 1.82) is 5.26 Å². The number of nitriles is 1. The van der Waals surface area contributed by atoms with E-state index in [0.717, 1.165) is 71.9 Å². The van der Waals surface area contributed by atoms with Gasteiger partial charge in [-0.05, 0) is 91.4 Å². The van der Waals surface area contributed by atoms with Gasteiger partial charge in [-0.15, -0.1) is 0 Å². The summed E-state index contributed by atoms with van der Waals surface area (Å²) in [7, 11) is 0. The Bertz CT molecular complexity index is 1570. The lowest BCUT2D eigenvalue weighted by Gasteiger charge is -2.10. The van der Waals surface area contributed by atoms with Crippen LogP contribution in [-0.2, 0) is 6.42 Å². The highest BCUT2D eigenvalue weighted by Gasteiger charge is 2.06. The third-order valence-electron chi connectivity index (χ3n) is 6.54. The number of benzene rings is 3. The fraction of sp³-hybridized carbons (Fsp3) is 0.200. The average molecular weight is 476 g/mol. The van der Waals surface area contributed by atoms with Crippen LogP contribution in [0.25, 0.3) is 27.4 Å². The Morgan fingerprint density at radius 2 is 1.75 bits per heavy atom. The van der Waals surface area contributed by atoms with Gasteiger partial charge in [0.1, 0.15) is 0 Å². The molecule has 0 bridgehead atoms. The lowest BCUT2D eigenvalue weighted by Crippen LogP contribution is -2.23. The molecule has 0 amide bonds. The lowest BCUT2D eigenvalue weighted by atomic mass is 10.1. The normalized spacial score (nSPS) is 11.1. The van der Waals surface area contributed by atoms with Gasteiger partial charge in [0, 0.05) is 53.1 Å². The molecule has 6 nitrogen and oxygen atoms in total. The second kappa shape index (κ2) is 10.9.